The van der Waals surface area contributed by atoms with E-state index in [1.165, 1.54) is 97.4 Å². The van der Waals surface area contributed by atoms with Crippen LogP contribution in [0.1, 0.15) is 94.9 Å². The second kappa shape index (κ2) is 37.9. The van der Waals surface area contributed by atoms with E-state index in [1.54, 1.807) is 0 Å². The summed E-state index contributed by atoms with van der Waals surface area (Å²) in [6.45, 7) is 39.2. The highest BCUT2D eigenvalue weighted by molar-refractivity contribution is 4.71. The van der Waals surface area contributed by atoms with Crippen molar-refractivity contribution in [3.05, 3.63) is 0 Å². The van der Waals surface area contributed by atoms with Crippen molar-refractivity contribution in [3.8, 4) is 0 Å². The van der Waals surface area contributed by atoms with Gasteiger partial charge in [-0.15, -0.1) is 0 Å². The van der Waals surface area contributed by atoms with Crippen molar-refractivity contribution in [1.29, 1.82) is 0 Å². The average molecular weight is 688 g/mol. The molecule has 0 rings (SSSR count). The minimum atomic E-state index is 0. The van der Waals surface area contributed by atoms with Gasteiger partial charge >= 0.3 is 0 Å². The molecule has 0 spiro atoms. The Kier molecular flexibility index (Phi) is 41.0. The zero-order valence-corrected chi connectivity index (χ0v) is 32.9. The van der Waals surface area contributed by atoms with Gasteiger partial charge in [0.1, 0.15) is 0 Å². The highest BCUT2D eigenvalue weighted by Crippen LogP contribution is 2.01. The van der Waals surface area contributed by atoms with Gasteiger partial charge in [-0.25, -0.2) is 0 Å². The molecular formula is C39H93N9. The van der Waals surface area contributed by atoms with Crippen LogP contribution in [0.2, 0.25) is 0 Å². The van der Waals surface area contributed by atoms with Crippen LogP contribution >= 0.6 is 0 Å². The largest absolute Gasteiger partial charge is 0.315 e. The van der Waals surface area contributed by atoms with Gasteiger partial charge < -0.3 is 35.1 Å². The summed E-state index contributed by atoms with van der Waals surface area (Å²) in [6, 6.07) is 0. The minimum Gasteiger partial charge on any atom is -0.315 e. The van der Waals surface area contributed by atoms with Crippen molar-refractivity contribution < 1.29 is 0 Å². The number of hydrogen-bond donors (Lipinski definition) is 2. The maximum Gasteiger partial charge on any atom is 0.0110 e. The van der Waals surface area contributed by atoms with Gasteiger partial charge in [-0.1, -0.05) is 56.4 Å². The quantitative estimate of drug-likeness (QED) is 0.0897. The lowest BCUT2D eigenvalue weighted by molar-refractivity contribution is 0.154. The predicted octanol–water partition coefficient (Wildman–Crippen LogP) is 4.90. The van der Waals surface area contributed by atoms with Crippen molar-refractivity contribution in [2.24, 2.45) is 0 Å². The van der Waals surface area contributed by atoms with Gasteiger partial charge in [-0.2, -0.15) is 0 Å². The second-order valence-electron chi connectivity index (χ2n) is 13.8. The number of nitrogens with zero attached hydrogens (tertiary/aromatic N) is 7. The van der Waals surface area contributed by atoms with Gasteiger partial charge in [0.25, 0.3) is 0 Å². The fourth-order valence-corrected chi connectivity index (χ4v) is 5.97. The van der Waals surface area contributed by atoms with E-state index in [4.69, 9.17) is 0 Å². The Morgan fingerprint density at radius 2 is 0.521 bits per heavy atom. The molecule has 0 saturated carbocycles. The molecule has 0 bridgehead atoms. The minimum absolute atomic E-state index is 0. The first kappa shape index (κ1) is 52.0. The molecule has 0 aliphatic carbocycles. The van der Waals surface area contributed by atoms with E-state index < -0.39 is 0 Å². The molecule has 0 radical (unpaired) electrons. The molecule has 0 aromatic heterocycles. The highest BCUT2D eigenvalue weighted by Gasteiger charge is 2.14. The smallest absolute Gasteiger partial charge is 0.0110 e. The molecule has 0 aliphatic rings. The standard InChI is InChI=1S/C37H85N9.2CH4/c1-10-16-38-18-24-43(22-14-5)34-37-46(32-27-41(8)21-13-4)33-29-42(9)28-30-44(23-15-6)35-36-45(25-19-39-17-11-2)31-26-40(7)20-12-3;;/h38-39H,10-37H2,1-9H3;2*1H4. The molecule has 2 N–H and O–H groups in total. The van der Waals surface area contributed by atoms with Crippen molar-refractivity contribution in [3.63, 3.8) is 0 Å². The molecule has 9 heteroatoms. The number of rotatable bonds is 36. The second-order valence-corrected chi connectivity index (χ2v) is 13.8. The molecule has 48 heavy (non-hydrogen) atoms. The lowest BCUT2D eigenvalue weighted by atomic mass is 10.3. The van der Waals surface area contributed by atoms with Crippen LogP contribution < -0.4 is 10.6 Å². The SMILES string of the molecule is C.C.CCCNCCN(CCC)CCN(CCN(C)CCC)CCN(C)CCN(CCC)CCN(CCNCCC)CCN(C)CCC. The Bertz CT molecular complexity index is 612. The average Bonchev–Trinajstić information content (AvgIpc) is 3.04. The summed E-state index contributed by atoms with van der Waals surface area (Å²) >= 11 is 0. The first-order chi connectivity index (χ1) is 22.3. The van der Waals surface area contributed by atoms with Crippen LogP contribution in [-0.4, -0.2) is 199 Å². The van der Waals surface area contributed by atoms with Crippen LogP contribution in [0.15, 0.2) is 0 Å². The maximum absolute atomic E-state index is 3.62. The van der Waals surface area contributed by atoms with E-state index in [-0.39, 0.29) is 14.9 Å². The Balaban J connectivity index is -0.0000101. The van der Waals surface area contributed by atoms with E-state index in [9.17, 15) is 0 Å². The molecule has 0 aliphatic heterocycles. The lowest BCUT2D eigenvalue weighted by Gasteiger charge is -2.32. The van der Waals surface area contributed by atoms with Crippen LogP contribution in [0, 0.1) is 0 Å². The van der Waals surface area contributed by atoms with Crippen LogP contribution in [0.4, 0.5) is 0 Å². The Hall–Kier alpha value is -0.360. The molecule has 0 atom stereocenters. The lowest BCUT2D eigenvalue weighted by Crippen LogP contribution is -2.45. The predicted molar refractivity (Wildman–Crippen MR) is 219 cm³/mol. The molecule has 0 fully saturated rings. The fourth-order valence-electron chi connectivity index (χ4n) is 5.97. The first-order valence-corrected chi connectivity index (χ1v) is 19.7. The molecule has 0 amide bonds. The van der Waals surface area contributed by atoms with Crippen molar-refractivity contribution in [2.75, 3.05) is 165 Å². The summed E-state index contributed by atoms with van der Waals surface area (Å²) in [5.41, 5.74) is 0. The summed E-state index contributed by atoms with van der Waals surface area (Å²) in [7, 11) is 6.89. The Morgan fingerprint density at radius 3 is 0.833 bits per heavy atom. The first-order valence-electron chi connectivity index (χ1n) is 19.7. The number of hydrogen-bond acceptors (Lipinski definition) is 9. The summed E-state index contributed by atoms with van der Waals surface area (Å²) in [6.07, 6.45) is 7.33. The Labute approximate surface area is 304 Å². The molecule has 0 aromatic rings. The van der Waals surface area contributed by atoms with Crippen molar-refractivity contribution in [1.82, 2.24) is 44.9 Å². The zero-order valence-electron chi connectivity index (χ0n) is 32.9. The summed E-state index contributed by atoms with van der Waals surface area (Å²) in [4.78, 5) is 18.4. The normalized spacial score (nSPS) is 12.0. The number of likely N-dealkylation sites (N-methyl/N-ethyl adjacent to an activating group) is 3. The van der Waals surface area contributed by atoms with Crippen LogP contribution in [0.25, 0.3) is 0 Å². The van der Waals surface area contributed by atoms with Gasteiger partial charge in [0.2, 0.25) is 0 Å². The molecular weight excluding hydrogens is 594 g/mol. The van der Waals surface area contributed by atoms with Crippen LogP contribution in [0.5, 0.6) is 0 Å². The van der Waals surface area contributed by atoms with Crippen LogP contribution in [0.3, 0.4) is 0 Å². The molecule has 0 saturated heterocycles. The molecule has 0 heterocycles. The Morgan fingerprint density at radius 1 is 0.271 bits per heavy atom. The van der Waals surface area contributed by atoms with Crippen LogP contribution in [-0.2, 0) is 0 Å². The van der Waals surface area contributed by atoms with E-state index >= 15 is 0 Å². The van der Waals surface area contributed by atoms with Gasteiger partial charge in [-0.3, -0.25) is 9.80 Å². The topological polar surface area (TPSA) is 46.7 Å². The zero-order chi connectivity index (χ0) is 34.3. The molecule has 9 nitrogen and oxygen atoms in total. The monoisotopic (exact) mass is 688 g/mol. The van der Waals surface area contributed by atoms with Gasteiger partial charge in [-0.05, 0) is 98.9 Å². The summed E-state index contributed by atoms with van der Waals surface area (Å²) in [5, 5.41) is 7.22. The van der Waals surface area contributed by atoms with Crippen molar-refractivity contribution >= 4 is 0 Å². The molecule has 0 aromatic carbocycles. The third-order valence-electron chi connectivity index (χ3n) is 9.01. The maximum atomic E-state index is 3.62. The molecule has 294 valence electrons. The third kappa shape index (κ3) is 31.6. The van der Waals surface area contributed by atoms with E-state index in [0.29, 0.717) is 0 Å². The van der Waals surface area contributed by atoms with Gasteiger partial charge in [0.05, 0.1) is 0 Å². The summed E-state index contributed by atoms with van der Waals surface area (Å²) < 4.78 is 0. The summed E-state index contributed by atoms with van der Waals surface area (Å²) in [5.74, 6) is 0. The van der Waals surface area contributed by atoms with Gasteiger partial charge in [0, 0.05) is 105 Å². The fraction of sp³-hybridized carbons (Fsp3) is 1.00. The highest BCUT2D eigenvalue weighted by atomic mass is 15.3. The van der Waals surface area contributed by atoms with E-state index in [1.807, 2.05) is 0 Å². The van der Waals surface area contributed by atoms with E-state index in [2.05, 4.69) is 108 Å². The van der Waals surface area contributed by atoms with E-state index in [0.717, 1.165) is 85.1 Å². The van der Waals surface area contributed by atoms with Crippen molar-refractivity contribution in [2.45, 2.75) is 94.9 Å². The molecule has 0 unspecified atom stereocenters. The number of nitrogens with one attached hydrogen (secondary N) is 2. The van der Waals surface area contributed by atoms with Gasteiger partial charge in [0.15, 0.2) is 0 Å². The third-order valence-corrected chi connectivity index (χ3v) is 9.01.